The van der Waals surface area contributed by atoms with E-state index < -0.39 is 11.3 Å². The van der Waals surface area contributed by atoms with E-state index in [9.17, 15) is 5.53 Å². The molecule has 1 saturated heterocycles. The van der Waals surface area contributed by atoms with Crippen molar-refractivity contribution in [2.75, 3.05) is 17.2 Å². The number of thiazole rings is 1. The number of hydrogen-bond donors (Lipinski definition) is 2. The number of aryl methyl sites for hydroxylation is 1. The molecule has 41 heavy (non-hydrogen) atoms. The van der Waals surface area contributed by atoms with Gasteiger partial charge in [0.1, 0.15) is 22.4 Å². The van der Waals surface area contributed by atoms with Crippen molar-refractivity contribution >= 4 is 33.3 Å². The highest BCUT2D eigenvalue weighted by Crippen LogP contribution is 2.49. The Morgan fingerprint density at radius 2 is 1.93 bits per heavy atom. The van der Waals surface area contributed by atoms with Gasteiger partial charge in [-0.3, -0.25) is 4.98 Å². The molecule has 4 heterocycles. The first-order chi connectivity index (χ1) is 19.6. The quantitative estimate of drug-likeness (QED) is 0.166. The number of ether oxygens (including phenoxy) is 2. The molecule has 11 nitrogen and oxygen atoms in total. The monoisotopic (exact) mass is 575 g/mol. The standard InChI is InChI=1S/C29H37N9O2S/c1-14-20(26-35-22-19(41-26)10-11-31-21(22)16-8-9-16)25(36-27(33-14)32-13-15-6-7-15)34-18-12-17(28(2,3)37-38-30)23-24(18)40-29(4,5)39-23/h10-11,15-18,23-24H,6-9,12-13H2,1-5H3,(H2,32,33,34,36)/t17-,18+,23+,24-/m0/s1. The topological polar surface area (TPSA) is 143 Å². The van der Waals surface area contributed by atoms with Crippen LogP contribution in [0.15, 0.2) is 17.4 Å². The van der Waals surface area contributed by atoms with E-state index in [-0.39, 0.29) is 24.2 Å². The molecular weight excluding hydrogens is 538 g/mol. The molecule has 3 aromatic heterocycles. The van der Waals surface area contributed by atoms with Crippen molar-refractivity contribution in [3.8, 4) is 10.6 Å². The van der Waals surface area contributed by atoms with E-state index in [0.717, 1.165) is 44.5 Å². The van der Waals surface area contributed by atoms with E-state index in [4.69, 9.17) is 24.4 Å². The van der Waals surface area contributed by atoms with Crippen LogP contribution in [0.25, 0.3) is 31.2 Å². The van der Waals surface area contributed by atoms with E-state index in [2.05, 4.69) is 25.6 Å². The third-order valence-corrected chi connectivity index (χ3v) is 9.88. The molecule has 0 bridgehead atoms. The molecule has 4 fully saturated rings. The minimum Gasteiger partial charge on any atom is -0.364 e. The smallest absolute Gasteiger partial charge is 0.224 e. The lowest BCUT2D eigenvalue weighted by Gasteiger charge is -2.31. The highest BCUT2D eigenvalue weighted by atomic mass is 32.1. The number of azide groups is 1. The van der Waals surface area contributed by atoms with Crippen molar-refractivity contribution < 1.29 is 9.47 Å². The largest absolute Gasteiger partial charge is 0.364 e. The van der Waals surface area contributed by atoms with Crippen LogP contribution in [0.1, 0.15) is 77.1 Å². The van der Waals surface area contributed by atoms with Crippen molar-refractivity contribution in [1.29, 1.82) is 0 Å². The van der Waals surface area contributed by atoms with Crippen LogP contribution in [0, 0.1) is 18.8 Å². The summed E-state index contributed by atoms with van der Waals surface area (Å²) in [6, 6.07) is 1.94. The number of pyridine rings is 1. The second-order valence-corrected chi connectivity index (χ2v) is 14.0. The Kier molecular flexibility index (Phi) is 6.39. The maximum absolute atomic E-state index is 9.28. The fourth-order valence-electron chi connectivity index (χ4n) is 6.39. The predicted octanol–water partition coefficient (Wildman–Crippen LogP) is 6.57. The summed E-state index contributed by atoms with van der Waals surface area (Å²) < 4.78 is 14.0. The molecule has 2 N–H and O–H groups in total. The van der Waals surface area contributed by atoms with Gasteiger partial charge in [-0.1, -0.05) is 19.0 Å². The van der Waals surface area contributed by atoms with Crippen molar-refractivity contribution in [2.24, 2.45) is 17.0 Å². The third kappa shape index (κ3) is 5.11. The van der Waals surface area contributed by atoms with E-state index in [1.807, 2.05) is 46.9 Å². The third-order valence-electron chi connectivity index (χ3n) is 8.85. The van der Waals surface area contributed by atoms with Crippen LogP contribution in [0.4, 0.5) is 11.8 Å². The molecule has 3 saturated carbocycles. The Hall–Kier alpha value is -3.05. The number of nitrogens with one attached hydrogen (secondary N) is 2. The molecule has 3 aliphatic carbocycles. The Morgan fingerprint density at radius 1 is 1.15 bits per heavy atom. The van der Waals surface area contributed by atoms with Crippen LogP contribution in [0.2, 0.25) is 0 Å². The van der Waals surface area contributed by atoms with Gasteiger partial charge in [-0.2, -0.15) is 4.98 Å². The number of anilines is 2. The maximum Gasteiger partial charge on any atom is 0.224 e. The van der Waals surface area contributed by atoms with Crippen LogP contribution < -0.4 is 10.6 Å². The van der Waals surface area contributed by atoms with E-state index >= 15 is 0 Å². The first-order valence-electron chi connectivity index (χ1n) is 14.7. The highest BCUT2D eigenvalue weighted by Gasteiger charge is 2.57. The molecule has 12 heteroatoms. The van der Waals surface area contributed by atoms with E-state index in [1.54, 1.807) is 11.3 Å². The Balaban J connectivity index is 1.28. The van der Waals surface area contributed by atoms with Crippen LogP contribution in [-0.2, 0) is 9.47 Å². The first kappa shape index (κ1) is 26.8. The van der Waals surface area contributed by atoms with Gasteiger partial charge < -0.3 is 20.1 Å². The fourth-order valence-corrected chi connectivity index (χ4v) is 7.45. The molecule has 0 radical (unpaired) electrons. The lowest BCUT2D eigenvalue weighted by Crippen LogP contribution is -2.38. The number of hydrogen-bond acceptors (Lipinski definition) is 10. The van der Waals surface area contributed by atoms with Gasteiger partial charge in [0.2, 0.25) is 5.95 Å². The van der Waals surface area contributed by atoms with E-state index in [1.165, 1.54) is 25.7 Å². The lowest BCUT2D eigenvalue weighted by atomic mass is 9.85. The minimum atomic E-state index is -0.735. The lowest BCUT2D eigenvalue weighted by molar-refractivity contribution is -0.159. The Bertz CT molecular complexity index is 1540. The molecule has 216 valence electrons. The van der Waals surface area contributed by atoms with Gasteiger partial charge in [0.25, 0.3) is 0 Å². The van der Waals surface area contributed by atoms with Crippen LogP contribution in [0.5, 0.6) is 0 Å². The highest BCUT2D eigenvalue weighted by molar-refractivity contribution is 7.21. The van der Waals surface area contributed by atoms with Crippen molar-refractivity contribution in [3.05, 3.63) is 34.1 Å². The van der Waals surface area contributed by atoms with Gasteiger partial charge in [-0.25, -0.2) is 9.97 Å². The predicted molar refractivity (Wildman–Crippen MR) is 159 cm³/mol. The molecular formula is C29H37N9O2S. The van der Waals surface area contributed by atoms with Gasteiger partial charge in [0.05, 0.1) is 33.8 Å². The van der Waals surface area contributed by atoms with Gasteiger partial charge >= 0.3 is 0 Å². The minimum absolute atomic E-state index is 0.0313. The Morgan fingerprint density at radius 3 is 2.66 bits per heavy atom. The SMILES string of the molecule is Cc1nc(NCC2CC2)nc(N[C@@H]2C[C@H](C(C)(C)N=[N+]=[N-])[C@H]3OC(C)(C)O[C@H]32)c1-c1nc2c(C3CC3)nccc2s1. The summed E-state index contributed by atoms with van der Waals surface area (Å²) in [7, 11) is 0. The average molecular weight is 576 g/mol. The molecule has 0 spiro atoms. The van der Waals surface area contributed by atoms with Crippen molar-refractivity contribution in [2.45, 2.75) is 102 Å². The zero-order valence-corrected chi connectivity index (χ0v) is 25.0. The van der Waals surface area contributed by atoms with Gasteiger partial charge in [-0.15, -0.1) is 11.3 Å². The van der Waals surface area contributed by atoms with E-state index in [0.29, 0.717) is 24.2 Å². The van der Waals surface area contributed by atoms with Gasteiger partial charge in [0, 0.05) is 35.0 Å². The normalized spacial score (nSPS) is 27.0. The Labute approximate surface area is 243 Å². The summed E-state index contributed by atoms with van der Waals surface area (Å²) >= 11 is 1.66. The van der Waals surface area contributed by atoms with Gasteiger partial charge in [-0.05, 0) is 70.4 Å². The summed E-state index contributed by atoms with van der Waals surface area (Å²) in [5, 5.41) is 12.2. The summed E-state index contributed by atoms with van der Waals surface area (Å²) in [6.45, 7) is 10.7. The number of rotatable bonds is 9. The molecule has 7 rings (SSSR count). The molecule has 4 atom stereocenters. The second-order valence-electron chi connectivity index (χ2n) is 13.0. The van der Waals surface area contributed by atoms with Crippen LogP contribution in [0.3, 0.4) is 0 Å². The summed E-state index contributed by atoms with van der Waals surface area (Å²) in [5.41, 5.74) is 12.5. The van der Waals surface area contributed by atoms with Crippen LogP contribution >= 0.6 is 11.3 Å². The zero-order chi connectivity index (χ0) is 28.5. The number of nitrogens with zero attached hydrogens (tertiary/aromatic N) is 7. The second kappa shape index (κ2) is 9.76. The molecule has 0 unspecified atom stereocenters. The summed E-state index contributed by atoms with van der Waals surface area (Å²) in [5.74, 6) is 1.78. The zero-order valence-electron chi connectivity index (χ0n) is 24.2. The summed E-state index contributed by atoms with van der Waals surface area (Å²) in [6.07, 6.45) is 7.01. The molecule has 3 aromatic rings. The molecule has 0 amide bonds. The fraction of sp³-hybridized carbons (Fsp3) is 0.655. The van der Waals surface area contributed by atoms with Crippen molar-refractivity contribution in [1.82, 2.24) is 19.9 Å². The molecule has 1 aliphatic heterocycles. The molecule has 0 aromatic carbocycles. The first-order valence-corrected chi connectivity index (χ1v) is 15.5. The van der Waals surface area contributed by atoms with Crippen LogP contribution in [-0.4, -0.2) is 56.1 Å². The maximum atomic E-state index is 9.28. The summed E-state index contributed by atoms with van der Waals surface area (Å²) in [4.78, 5) is 22.8. The molecule has 4 aliphatic rings. The number of fused-ring (bicyclic) bond motifs is 2. The average Bonchev–Trinajstić information content (AvgIpc) is 3.82. The van der Waals surface area contributed by atoms with Gasteiger partial charge in [0.15, 0.2) is 5.79 Å². The van der Waals surface area contributed by atoms with Crippen molar-refractivity contribution in [3.63, 3.8) is 0 Å². The number of aromatic nitrogens is 4.